The molecular formula is C18H23N5O3S. The topological polar surface area (TPSA) is 118 Å². The van der Waals surface area contributed by atoms with Crippen LogP contribution in [0.3, 0.4) is 0 Å². The monoisotopic (exact) mass is 389 g/mol. The molecule has 0 aliphatic carbocycles. The lowest BCUT2D eigenvalue weighted by Crippen LogP contribution is -2.27. The fraction of sp³-hybridized carbons (Fsp3) is 0.444. The minimum absolute atomic E-state index is 0.0225. The van der Waals surface area contributed by atoms with Gasteiger partial charge in [-0.3, -0.25) is 9.59 Å². The highest BCUT2D eigenvalue weighted by Crippen LogP contribution is 2.37. The Morgan fingerprint density at radius 1 is 1.30 bits per heavy atom. The van der Waals surface area contributed by atoms with Crippen molar-refractivity contribution in [2.45, 2.75) is 49.7 Å². The Kier molecular flexibility index (Phi) is 6.46. The molecule has 1 unspecified atom stereocenters. The van der Waals surface area contributed by atoms with Crippen molar-refractivity contribution in [2.75, 3.05) is 7.05 Å². The summed E-state index contributed by atoms with van der Waals surface area (Å²) in [6.07, 6.45) is 7.40. The second-order valence-electron chi connectivity index (χ2n) is 6.46. The Labute approximate surface area is 159 Å². The number of nitrogens with zero attached hydrogens (tertiary/aromatic N) is 4. The molecule has 1 aromatic rings. The van der Waals surface area contributed by atoms with Gasteiger partial charge in [0, 0.05) is 46.2 Å². The van der Waals surface area contributed by atoms with Gasteiger partial charge in [0.15, 0.2) is 5.66 Å². The molecule has 1 aliphatic heterocycles. The second-order valence-corrected chi connectivity index (χ2v) is 8.25. The van der Waals surface area contributed by atoms with E-state index in [1.54, 1.807) is 36.2 Å². The number of carbonyl (C=O) groups excluding carboxylic acids is 2. The van der Waals surface area contributed by atoms with Crippen molar-refractivity contribution in [3.63, 3.8) is 0 Å². The number of nitrogens with two attached hydrogens (primary N) is 1. The summed E-state index contributed by atoms with van der Waals surface area (Å²) in [6, 6.07) is 6.53. The zero-order valence-electron chi connectivity index (χ0n) is 15.4. The molecule has 1 aliphatic rings. The van der Waals surface area contributed by atoms with E-state index < -0.39 is 21.5 Å². The first-order valence-corrected chi connectivity index (χ1v) is 10.0. The van der Waals surface area contributed by atoms with Crippen LogP contribution in [0.2, 0.25) is 0 Å². The van der Waals surface area contributed by atoms with Gasteiger partial charge in [-0.25, -0.2) is 9.35 Å². The van der Waals surface area contributed by atoms with E-state index in [1.165, 1.54) is 6.92 Å². The van der Waals surface area contributed by atoms with E-state index in [2.05, 4.69) is 20.5 Å². The summed E-state index contributed by atoms with van der Waals surface area (Å²) < 4.78 is 15.6. The van der Waals surface area contributed by atoms with Crippen molar-refractivity contribution in [3.8, 4) is 12.3 Å². The summed E-state index contributed by atoms with van der Waals surface area (Å²) in [5, 5.41) is 13.7. The Balaban J connectivity index is 1.91. The highest BCUT2D eigenvalue weighted by atomic mass is 32.2. The van der Waals surface area contributed by atoms with Crippen molar-refractivity contribution >= 4 is 21.7 Å². The van der Waals surface area contributed by atoms with Crippen LogP contribution < -0.4 is 5.14 Å². The number of rotatable bonds is 8. The number of amides is 2. The molecule has 0 saturated heterocycles. The molecule has 2 rings (SSSR count). The number of hydrogen-bond acceptors (Lipinski definition) is 5. The predicted molar refractivity (Wildman–Crippen MR) is 102 cm³/mol. The molecule has 0 saturated carbocycles. The normalized spacial score (nSPS) is 16.1. The highest BCUT2D eigenvalue weighted by molar-refractivity contribution is 7.91. The van der Waals surface area contributed by atoms with Crippen molar-refractivity contribution in [1.82, 2.24) is 4.90 Å². The first kappa shape index (κ1) is 20.7. The third-order valence-electron chi connectivity index (χ3n) is 4.16. The smallest absolute Gasteiger partial charge is 0.251 e. The largest absolute Gasteiger partial charge is 0.341 e. The molecule has 144 valence electrons. The summed E-state index contributed by atoms with van der Waals surface area (Å²) in [5.41, 5.74) is 0.377. The fourth-order valence-electron chi connectivity index (χ4n) is 2.56. The minimum Gasteiger partial charge on any atom is -0.341 e. The van der Waals surface area contributed by atoms with Crippen LogP contribution in [0.1, 0.15) is 38.2 Å². The van der Waals surface area contributed by atoms with Crippen molar-refractivity contribution in [2.24, 2.45) is 19.7 Å². The Bertz CT molecular complexity index is 902. The molecule has 0 spiro atoms. The third-order valence-corrected chi connectivity index (χ3v) is 5.64. The summed E-state index contributed by atoms with van der Waals surface area (Å²) in [6.45, 7) is 1.58. The van der Waals surface area contributed by atoms with Crippen LogP contribution >= 0.6 is 0 Å². The van der Waals surface area contributed by atoms with Crippen molar-refractivity contribution in [3.05, 3.63) is 29.8 Å². The van der Waals surface area contributed by atoms with Crippen LogP contribution in [0, 0.1) is 12.3 Å². The van der Waals surface area contributed by atoms with E-state index in [0.717, 1.165) is 5.56 Å². The molecule has 0 bridgehead atoms. The molecule has 0 radical (unpaired) electrons. The van der Waals surface area contributed by atoms with E-state index in [9.17, 15) is 13.8 Å². The Morgan fingerprint density at radius 3 is 2.44 bits per heavy atom. The first-order chi connectivity index (χ1) is 12.7. The van der Waals surface area contributed by atoms with Crippen LogP contribution in [-0.2, 0) is 26.0 Å². The highest BCUT2D eigenvalue weighted by Gasteiger charge is 2.39. The molecule has 9 heteroatoms. The molecule has 8 nitrogen and oxygen atoms in total. The van der Waals surface area contributed by atoms with Gasteiger partial charge in [0.25, 0.3) is 5.91 Å². The number of carbonyl (C=O) groups is 2. The molecule has 1 atom stereocenters. The zero-order valence-corrected chi connectivity index (χ0v) is 16.2. The van der Waals surface area contributed by atoms with Crippen LogP contribution in [0.5, 0.6) is 0 Å². The molecule has 2 amide bonds. The average Bonchev–Trinajstić information content (AvgIpc) is 3.37. The maximum atomic E-state index is 12.3. The summed E-state index contributed by atoms with van der Waals surface area (Å²) in [4.78, 5) is 25.2. The van der Waals surface area contributed by atoms with Gasteiger partial charge in [0.1, 0.15) is 9.92 Å². The van der Waals surface area contributed by atoms with Gasteiger partial charge in [-0.1, -0.05) is 12.1 Å². The van der Waals surface area contributed by atoms with Gasteiger partial charge in [-0.15, -0.1) is 16.7 Å². The molecule has 1 heterocycles. The SMILES string of the molecule is C#CCCC1(CCC(=O)N(C)Cc2ccc(S(N)(=O)=NC(C)=O)cc2)N=N1. The lowest BCUT2D eigenvalue weighted by Gasteiger charge is -2.18. The number of benzene rings is 1. The Hall–Kier alpha value is -2.57. The van der Waals surface area contributed by atoms with E-state index in [4.69, 9.17) is 11.6 Å². The van der Waals surface area contributed by atoms with Gasteiger partial charge in [0.05, 0.1) is 4.90 Å². The van der Waals surface area contributed by atoms with E-state index >= 15 is 0 Å². The van der Waals surface area contributed by atoms with Gasteiger partial charge in [0.2, 0.25) is 5.91 Å². The molecule has 0 aromatic heterocycles. The van der Waals surface area contributed by atoms with Crippen molar-refractivity contribution in [1.29, 1.82) is 0 Å². The molecule has 1 aromatic carbocycles. The predicted octanol–water partition coefficient (Wildman–Crippen LogP) is 2.25. The van der Waals surface area contributed by atoms with Crippen LogP contribution in [0.15, 0.2) is 43.8 Å². The average molecular weight is 389 g/mol. The van der Waals surface area contributed by atoms with E-state index in [1.807, 2.05) is 0 Å². The third kappa shape index (κ3) is 5.98. The number of hydrogen-bond donors (Lipinski definition) is 1. The van der Waals surface area contributed by atoms with E-state index in [-0.39, 0.29) is 10.8 Å². The fourth-order valence-corrected chi connectivity index (χ4v) is 3.58. The zero-order chi connectivity index (χ0) is 20.1. The maximum absolute atomic E-state index is 12.3. The van der Waals surface area contributed by atoms with E-state index in [0.29, 0.717) is 32.2 Å². The van der Waals surface area contributed by atoms with Crippen LogP contribution in [-0.4, -0.2) is 33.6 Å². The standard InChI is InChI=1S/C18H23N5O3S/c1-4-5-11-18(21-22-18)12-10-17(25)23(3)13-15-6-8-16(9-7-15)27(19,26)20-14(2)24/h1,6-9H,5,10-13H2,2-3H3,(H2,19,20,24,26). The maximum Gasteiger partial charge on any atom is 0.251 e. The lowest BCUT2D eigenvalue weighted by atomic mass is 10.0. The first-order valence-electron chi connectivity index (χ1n) is 8.43. The second kappa shape index (κ2) is 8.41. The van der Waals surface area contributed by atoms with Gasteiger partial charge < -0.3 is 4.90 Å². The minimum atomic E-state index is -3.24. The lowest BCUT2D eigenvalue weighted by molar-refractivity contribution is -0.130. The Morgan fingerprint density at radius 2 is 1.93 bits per heavy atom. The van der Waals surface area contributed by atoms with Crippen molar-refractivity contribution < 1.29 is 13.8 Å². The molecule has 2 N–H and O–H groups in total. The summed E-state index contributed by atoms with van der Waals surface area (Å²) in [5.74, 6) is 1.95. The summed E-state index contributed by atoms with van der Waals surface area (Å²) in [7, 11) is -1.53. The number of terminal acetylenes is 1. The summed E-state index contributed by atoms with van der Waals surface area (Å²) >= 11 is 0. The van der Waals surface area contributed by atoms with Crippen LogP contribution in [0.25, 0.3) is 0 Å². The van der Waals surface area contributed by atoms with Gasteiger partial charge in [-0.05, 0) is 17.7 Å². The van der Waals surface area contributed by atoms with Gasteiger partial charge in [-0.2, -0.15) is 10.2 Å². The molecule has 0 fully saturated rings. The quantitative estimate of drug-likeness (QED) is 0.687. The molecular weight excluding hydrogens is 366 g/mol. The van der Waals surface area contributed by atoms with Gasteiger partial charge >= 0.3 is 0 Å². The molecule has 27 heavy (non-hydrogen) atoms. The van der Waals surface area contributed by atoms with Crippen LogP contribution in [0.4, 0.5) is 0 Å².